The Bertz CT molecular complexity index is 938. The standard InChI is InChI=1S/2Fe.2Mn.7H2O4S.2H2O.2Zn/c;;;;7*1-5(2,3)4;;;;/h;;;;7*(H2,1,2,3,4);2*1H2;;/q2*+3;2*+2;;;;;;;;;;2*+2/p-14. The molecule has 0 heterocycles. The number of hydrogen-bond donors (Lipinski definition) is 0. The average molecular weight is 1060 g/mol. The first-order valence-corrected chi connectivity index (χ1v) is 14.0. The van der Waals surface area contributed by atoms with Gasteiger partial charge in [0.25, 0.3) is 0 Å². The maximum atomic E-state index is 8.52. The molecule has 260 valence electrons. The van der Waals surface area contributed by atoms with Gasteiger partial charge in [0.05, 0.1) is 0 Å². The normalized spacial score (nSPS) is 9.44. The quantitative estimate of drug-likeness (QED) is 0.123. The minimum atomic E-state index is -5.17. The molecular weight excluding hydrogens is 1060 g/mol. The Hall–Kier alpha value is 2.33. The molecule has 0 bridgehead atoms. The van der Waals surface area contributed by atoms with E-state index in [4.69, 9.17) is 123 Å². The molecule has 0 aliphatic carbocycles. The van der Waals surface area contributed by atoms with Crippen LogP contribution in [0.4, 0.5) is 0 Å². The smallest absolute Gasteiger partial charge is 0.759 e. The van der Waals surface area contributed by atoms with E-state index in [2.05, 4.69) is 0 Å². The maximum Gasteiger partial charge on any atom is 3.00 e. The summed E-state index contributed by atoms with van der Waals surface area (Å²) in [6.45, 7) is 0. The molecule has 0 saturated carbocycles. The molecule has 0 aliphatic heterocycles. The van der Waals surface area contributed by atoms with Crippen molar-refractivity contribution in [3.8, 4) is 0 Å². The van der Waals surface area contributed by atoms with Gasteiger partial charge in [0, 0.05) is 72.8 Å². The van der Waals surface area contributed by atoms with Crippen LogP contribution >= 0.6 is 0 Å². The van der Waals surface area contributed by atoms with Crippen LogP contribution in [-0.4, -0.2) is 134 Å². The third-order valence-electron chi connectivity index (χ3n) is 0. The third-order valence-corrected chi connectivity index (χ3v) is 0. The molecule has 0 saturated heterocycles. The topological polar surface area (TPSA) is 625 Å². The Morgan fingerprint density at radius 3 is 0.233 bits per heavy atom. The molecule has 0 fully saturated rings. The van der Waals surface area contributed by atoms with Gasteiger partial charge in [-0.1, -0.05) is 0 Å². The summed E-state index contributed by atoms with van der Waals surface area (Å²) in [5, 5.41) is 0. The van der Waals surface area contributed by atoms with Gasteiger partial charge in [0.15, 0.2) is 0 Å². The average Bonchev–Trinajstić information content (AvgIpc) is 2.06. The van der Waals surface area contributed by atoms with Crippen LogP contribution in [0, 0.1) is 0 Å². The first kappa shape index (κ1) is 96.8. The monoisotopic (exact) mass is 1060 g/mol. The third kappa shape index (κ3) is 14600. The van der Waals surface area contributed by atoms with Crippen molar-refractivity contribution in [3.63, 3.8) is 0 Å². The maximum absolute atomic E-state index is 8.52. The van der Waals surface area contributed by atoms with Crippen LogP contribution in [0.2, 0.25) is 0 Å². The van der Waals surface area contributed by atoms with Crippen LogP contribution in [0.25, 0.3) is 0 Å². The van der Waals surface area contributed by atoms with Gasteiger partial charge in [-0.05, 0) is 0 Å². The Balaban J connectivity index is -0.0000000159. The summed E-state index contributed by atoms with van der Waals surface area (Å²) in [4.78, 5) is 0. The molecule has 30 nitrogen and oxygen atoms in total. The summed E-state index contributed by atoms with van der Waals surface area (Å²) in [6, 6.07) is 0. The molecular formula is H4Fe2Mn2O30S7Zn2. The summed E-state index contributed by atoms with van der Waals surface area (Å²) in [5.41, 5.74) is 0. The second kappa shape index (κ2) is 42.4. The largest absolute Gasteiger partial charge is 3.00 e. The molecule has 0 rings (SSSR count). The van der Waals surface area contributed by atoms with Gasteiger partial charge < -0.3 is 74.7 Å². The van der Waals surface area contributed by atoms with Crippen molar-refractivity contribution >= 4 is 72.8 Å². The molecule has 43 heteroatoms. The number of rotatable bonds is 0. The molecule has 0 aliphatic rings. The molecule has 0 spiro atoms. The predicted molar refractivity (Wildman–Crippen MR) is 80.5 cm³/mol. The van der Waals surface area contributed by atoms with Gasteiger partial charge in [-0.15, -0.1) is 0 Å². The van der Waals surface area contributed by atoms with Crippen molar-refractivity contribution < 1.29 is 241 Å². The second-order valence-corrected chi connectivity index (χ2v) is 8.57. The van der Waals surface area contributed by atoms with Crippen molar-refractivity contribution in [3.05, 3.63) is 0 Å². The Morgan fingerprint density at radius 1 is 0.233 bits per heavy atom. The van der Waals surface area contributed by atoms with Crippen molar-refractivity contribution in [1.29, 1.82) is 0 Å². The Kier molecular flexibility index (Phi) is 95.4. The number of hydrogen-bond acceptors (Lipinski definition) is 28. The zero-order valence-corrected chi connectivity index (χ0v) is 34.4. The summed E-state index contributed by atoms with van der Waals surface area (Å²) in [5.74, 6) is 0. The Labute approximate surface area is 310 Å². The first-order chi connectivity index (χ1) is 14.0. The van der Waals surface area contributed by atoms with Gasteiger partial charge in [-0.25, -0.2) is 0 Å². The van der Waals surface area contributed by atoms with E-state index in [0.29, 0.717) is 0 Å². The SMILES string of the molecule is O.O.O=S(=O)([O-])[O-].O=S(=O)([O-])[O-].O=S(=O)([O-])[O-].O=S(=O)([O-])[O-].O=S(=O)([O-])[O-].O=S(=O)([O-])[O-].O=S(=O)([O-])[O-].[Fe+3].[Fe+3].[Mn+2].[Mn+2].[Zn+2].[Zn+2]. The van der Waals surface area contributed by atoms with E-state index in [0.717, 1.165) is 0 Å². The fourth-order valence-corrected chi connectivity index (χ4v) is 0. The molecule has 0 amide bonds. The van der Waals surface area contributed by atoms with Gasteiger partial charge in [-0.2, -0.15) is 0 Å². The van der Waals surface area contributed by atoms with Crippen LogP contribution in [-0.2, 0) is 180 Å². The van der Waals surface area contributed by atoms with Crippen LogP contribution in [0.5, 0.6) is 0 Å². The van der Waals surface area contributed by atoms with Crippen LogP contribution < -0.4 is 0 Å². The summed E-state index contributed by atoms with van der Waals surface area (Å²) < 4.78 is 239. The van der Waals surface area contributed by atoms with Crippen LogP contribution in [0.1, 0.15) is 0 Å². The Morgan fingerprint density at radius 2 is 0.233 bits per heavy atom. The van der Waals surface area contributed by atoms with E-state index < -0.39 is 72.8 Å². The van der Waals surface area contributed by atoms with Crippen molar-refractivity contribution in [1.82, 2.24) is 0 Å². The van der Waals surface area contributed by atoms with E-state index in [1.807, 2.05) is 0 Å². The van der Waals surface area contributed by atoms with Crippen molar-refractivity contribution in [2.24, 2.45) is 0 Å². The molecule has 0 atom stereocenters. The van der Waals surface area contributed by atoms with E-state index in [9.17, 15) is 0 Å². The van der Waals surface area contributed by atoms with E-state index in [-0.39, 0.29) is 118 Å². The van der Waals surface area contributed by atoms with Crippen LogP contribution in [0.15, 0.2) is 0 Å². The summed E-state index contributed by atoms with van der Waals surface area (Å²) >= 11 is 0. The molecule has 0 unspecified atom stereocenters. The molecule has 0 aromatic rings. The van der Waals surface area contributed by atoms with Gasteiger partial charge >= 0.3 is 107 Å². The molecule has 4 N–H and O–H groups in total. The van der Waals surface area contributed by atoms with Crippen LogP contribution in [0.3, 0.4) is 0 Å². The predicted octanol–water partition coefficient (Wildman–Crippen LogP) is -11.0. The second-order valence-electron chi connectivity index (χ2n) is 2.86. The van der Waals surface area contributed by atoms with Crippen molar-refractivity contribution in [2.45, 2.75) is 0 Å². The minimum Gasteiger partial charge on any atom is -0.759 e. The zero-order valence-electron chi connectivity index (χ0n) is 18.2. The zero-order chi connectivity index (χ0) is 31.5. The van der Waals surface area contributed by atoms with Crippen molar-refractivity contribution in [2.75, 3.05) is 0 Å². The summed E-state index contributed by atoms with van der Waals surface area (Å²) in [7, 11) is -36.2. The van der Waals surface area contributed by atoms with E-state index >= 15 is 0 Å². The van der Waals surface area contributed by atoms with Gasteiger partial charge in [0.1, 0.15) is 0 Å². The first-order valence-electron chi connectivity index (χ1n) is 4.67. The molecule has 0 aromatic heterocycles. The molecule has 4 radical (unpaired) electrons. The molecule has 0 aromatic carbocycles. The van der Waals surface area contributed by atoms with Gasteiger partial charge in [-0.3, -0.25) is 58.9 Å². The fourth-order valence-electron chi connectivity index (χ4n) is 0. The summed E-state index contributed by atoms with van der Waals surface area (Å²) in [6.07, 6.45) is 0. The minimum absolute atomic E-state index is 0. The van der Waals surface area contributed by atoms with E-state index in [1.165, 1.54) is 0 Å². The van der Waals surface area contributed by atoms with Gasteiger partial charge in [0.2, 0.25) is 0 Å². The van der Waals surface area contributed by atoms with E-state index in [1.54, 1.807) is 0 Å². The molecule has 43 heavy (non-hydrogen) atoms. The fraction of sp³-hybridized carbons (Fsp3) is 0.